The first-order valence-corrected chi connectivity index (χ1v) is 13.1. The standard InChI is InChI=1S/C25H32N6O2S/c1-17(2)31-12-21(27-16-31)20-11-30(22(32)24(14-26)6-4-5-7-24)15-25(20)8-9-29(23(25)33)10-19-13-34-18(3)28-19/h12-13,16-17,20H,4-11,15H2,1-3H3/t20-,25-/m1/s1. The Morgan fingerprint density at radius 1 is 1.32 bits per heavy atom. The maximum atomic E-state index is 14.0. The van der Waals surface area contributed by atoms with Crippen molar-refractivity contribution in [2.24, 2.45) is 10.8 Å². The summed E-state index contributed by atoms with van der Waals surface area (Å²) in [5.41, 5.74) is 0.133. The lowest BCUT2D eigenvalue weighted by Gasteiger charge is -2.29. The molecule has 1 saturated carbocycles. The van der Waals surface area contributed by atoms with E-state index in [1.165, 1.54) is 0 Å². The van der Waals surface area contributed by atoms with Gasteiger partial charge in [0.15, 0.2) is 0 Å². The monoisotopic (exact) mass is 480 g/mol. The summed E-state index contributed by atoms with van der Waals surface area (Å²) in [6.45, 7) is 8.10. The van der Waals surface area contributed by atoms with Crippen LogP contribution in [0.5, 0.6) is 0 Å². The zero-order valence-electron chi connectivity index (χ0n) is 20.2. The number of aromatic nitrogens is 3. The molecular weight excluding hydrogens is 448 g/mol. The highest BCUT2D eigenvalue weighted by molar-refractivity contribution is 7.09. The smallest absolute Gasteiger partial charge is 0.243 e. The Bertz CT molecular complexity index is 1140. The first-order valence-electron chi connectivity index (χ1n) is 12.2. The third-order valence-electron chi connectivity index (χ3n) is 8.05. The molecule has 2 aliphatic heterocycles. The maximum absolute atomic E-state index is 14.0. The molecule has 3 aliphatic rings. The lowest BCUT2D eigenvalue weighted by atomic mass is 9.75. The zero-order valence-corrected chi connectivity index (χ0v) is 21.0. The van der Waals surface area contributed by atoms with Gasteiger partial charge < -0.3 is 14.4 Å². The minimum absolute atomic E-state index is 0.0787. The Balaban J connectivity index is 1.47. The predicted molar refractivity (Wildman–Crippen MR) is 128 cm³/mol. The molecule has 3 fully saturated rings. The second kappa shape index (κ2) is 8.49. The van der Waals surface area contributed by atoms with Crippen LogP contribution in [-0.4, -0.2) is 55.8 Å². The number of nitrogens with zero attached hydrogens (tertiary/aromatic N) is 6. The van der Waals surface area contributed by atoms with Crippen molar-refractivity contribution in [2.75, 3.05) is 19.6 Å². The first kappa shape index (κ1) is 23.0. The number of hydrogen-bond acceptors (Lipinski definition) is 6. The van der Waals surface area contributed by atoms with Gasteiger partial charge in [0.2, 0.25) is 11.8 Å². The van der Waals surface area contributed by atoms with Crippen molar-refractivity contribution in [2.45, 2.75) is 71.4 Å². The van der Waals surface area contributed by atoms with Gasteiger partial charge in [-0.05, 0) is 40.0 Å². The molecule has 0 bridgehead atoms. The van der Waals surface area contributed by atoms with Crippen molar-refractivity contribution in [1.82, 2.24) is 24.3 Å². The minimum atomic E-state index is -0.938. The van der Waals surface area contributed by atoms with Gasteiger partial charge in [-0.15, -0.1) is 11.3 Å². The first-order chi connectivity index (χ1) is 16.3. The Morgan fingerprint density at radius 2 is 2.09 bits per heavy atom. The number of thiazole rings is 1. The number of imidazole rings is 1. The van der Waals surface area contributed by atoms with Crippen molar-refractivity contribution in [1.29, 1.82) is 5.26 Å². The summed E-state index contributed by atoms with van der Waals surface area (Å²) in [4.78, 5) is 40.6. The van der Waals surface area contributed by atoms with Gasteiger partial charge in [0.25, 0.3) is 0 Å². The van der Waals surface area contributed by atoms with Crippen molar-refractivity contribution in [3.05, 3.63) is 34.3 Å². The molecule has 1 spiro atoms. The Kier molecular flexibility index (Phi) is 5.75. The lowest BCUT2D eigenvalue weighted by Crippen LogP contribution is -2.43. The van der Waals surface area contributed by atoms with E-state index in [1.54, 1.807) is 11.3 Å². The third kappa shape index (κ3) is 3.63. The largest absolute Gasteiger partial charge is 0.339 e. The summed E-state index contributed by atoms with van der Waals surface area (Å²) >= 11 is 1.59. The average Bonchev–Trinajstić information content (AvgIpc) is 3.63. The van der Waals surface area contributed by atoms with Crippen molar-refractivity contribution < 1.29 is 9.59 Å². The highest BCUT2D eigenvalue weighted by Gasteiger charge is 2.60. The fraction of sp³-hybridized carbons (Fsp3) is 0.640. The second-order valence-corrected chi connectivity index (χ2v) is 11.5. The molecule has 180 valence electrons. The van der Waals surface area contributed by atoms with E-state index >= 15 is 0 Å². The molecular formula is C25H32N6O2S. The summed E-state index contributed by atoms with van der Waals surface area (Å²) in [6.07, 6.45) is 7.56. The maximum Gasteiger partial charge on any atom is 0.243 e. The molecule has 2 saturated heterocycles. The molecule has 0 N–H and O–H groups in total. The molecule has 9 heteroatoms. The van der Waals surface area contributed by atoms with Gasteiger partial charge in [-0.1, -0.05) is 12.8 Å². The van der Waals surface area contributed by atoms with E-state index in [1.807, 2.05) is 34.6 Å². The Hall–Kier alpha value is -2.73. The number of rotatable bonds is 5. The molecule has 0 aromatic carbocycles. The average molecular weight is 481 g/mol. The van der Waals surface area contributed by atoms with Crippen LogP contribution in [0.4, 0.5) is 0 Å². The van der Waals surface area contributed by atoms with Gasteiger partial charge in [-0.2, -0.15) is 5.26 Å². The summed E-state index contributed by atoms with van der Waals surface area (Å²) < 4.78 is 2.05. The van der Waals surface area contributed by atoms with E-state index in [-0.39, 0.29) is 23.8 Å². The third-order valence-corrected chi connectivity index (χ3v) is 8.87. The minimum Gasteiger partial charge on any atom is -0.339 e. The molecule has 5 rings (SSSR count). The van der Waals surface area contributed by atoms with E-state index in [0.717, 1.165) is 29.2 Å². The fourth-order valence-corrected chi connectivity index (χ4v) is 6.67. The quantitative estimate of drug-likeness (QED) is 0.651. The molecule has 2 amide bonds. The van der Waals surface area contributed by atoms with Crippen LogP contribution in [0.25, 0.3) is 0 Å². The van der Waals surface area contributed by atoms with E-state index in [9.17, 15) is 14.9 Å². The van der Waals surface area contributed by atoms with Crippen LogP contribution >= 0.6 is 11.3 Å². The van der Waals surface area contributed by atoms with Crippen LogP contribution in [0.1, 0.15) is 74.3 Å². The number of amides is 2. The molecule has 2 atom stereocenters. The van der Waals surface area contributed by atoms with Gasteiger partial charge in [-0.3, -0.25) is 9.59 Å². The highest BCUT2D eigenvalue weighted by atomic mass is 32.1. The van der Waals surface area contributed by atoms with Gasteiger partial charge in [0.05, 0.1) is 40.8 Å². The van der Waals surface area contributed by atoms with Crippen LogP contribution in [0.2, 0.25) is 0 Å². The van der Waals surface area contributed by atoms with Gasteiger partial charge in [-0.25, -0.2) is 9.97 Å². The summed E-state index contributed by atoms with van der Waals surface area (Å²) in [7, 11) is 0. The molecule has 8 nitrogen and oxygen atoms in total. The molecule has 2 aromatic heterocycles. The summed E-state index contributed by atoms with van der Waals surface area (Å²) in [5.74, 6) is -0.197. The van der Waals surface area contributed by atoms with Gasteiger partial charge >= 0.3 is 0 Å². The molecule has 34 heavy (non-hydrogen) atoms. The molecule has 2 aromatic rings. The van der Waals surface area contributed by atoms with Crippen LogP contribution in [0.15, 0.2) is 17.9 Å². The number of aryl methyl sites for hydroxylation is 1. The zero-order chi connectivity index (χ0) is 24.1. The van der Waals surface area contributed by atoms with Crippen molar-refractivity contribution in [3.63, 3.8) is 0 Å². The van der Waals surface area contributed by atoms with Gasteiger partial charge in [0.1, 0.15) is 5.41 Å². The van der Waals surface area contributed by atoms with Crippen LogP contribution in [0.3, 0.4) is 0 Å². The predicted octanol–water partition coefficient (Wildman–Crippen LogP) is 3.66. The summed E-state index contributed by atoms with van der Waals surface area (Å²) in [5, 5.41) is 12.9. The SMILES string of the molecule is Cc1nc(CN2CC[C@]3(CN(C(=O)C4(C#N)CCCC4)C[C@@H]3c3cn(C(C)C)cn3)C2=O)cs1. The molecule has 4 heterocycles. The normalized spacial score (nSPS) is 26.2. The number of hydrogen-bond donors (Lipinski definition) is 0. The Labute approximate surface area is 204 Å². The number of carbonyl (C=O) groups excluding carboxylic acids is 2. The van der Waals surface area contributed by atoms with E-state index in [0.29, 0.717) is 45.4 Å². The van der Waals surface area contributed by atoms with Crippen LogP contribution in [-0.2, 0) is 16.1 Å². The van der Waals surface area contributed by atoms with Crippen molar-refractivity contribution in [3.8, 4) is 6.07 Å². The number of likely N-dealkylation sites (tertiary alicyclic amines) is 2. The van der Waals surface area contributed by atoms with Crippen LogP contribution in [0, 0.1) is 29.1 Å². The van der Waals surface area contributed by atoms with E-state index in [2.05, 4.69) is 29.5 Å². The van der Waals surface area contributed by atoms with Crippen molar-refractivity contribution >= 4 is 23.2 Å². The van der Waals surface area contributed by atoms with E-state index in [4.69, 9.17) is 4.98 Å². The van der Waals surface area contributed by atoms with E-state index < -0.39 is 10.8 Å². The highest BCUT2D eigenvalue weighted by Crippen LogP contribution is 2.51. The number of nitriles is 1. The number of carbonyl (C=O) groups is 2. The molecule has 1 aliphatic carbocycles. The topological polar surface area (TPSA) is 95.1 Å². The van der Waals surface area contributed by atoms with Crippen LogP contribution < -0.4 is 0 Å². The lowest BCUT2D eigenvalue weighted by molar-refractivity contribution is -0.140. The Morgan fingerprint density at radius 3 is 2.71 bits per heavy atom. The second-order valence-electron chi connectivity index (χ2n) is 10.5. The fourth-order valence-electron chi connectivity index (χ4n) is 6.07. The molecule has 0 unspecified atom stereocenters. The summed E-state index contributed by atoms with van der Waals surface area (Å²) in [6, 6.07) is 2.61. The molecule has 0 radical (unpaired) electrons. The van der Waals surface area contributed by atoms with Gasteiger partial charge in [0, 0.05) is 43.2 Å².